The van der Waals surface area contributed by atoms with Gasteiger partial charge in [-0.25, -0.2) is 4.57 Å². The summed E-state index contributed by atoms with van der Waals surface area (Å²) in [5.41, 5.74) is 0. The van der Waals surface area contributed by atoms with E-state index in [4.69, 9.17) is 9.05 Å². The van der Waals surface area contributed by atoms with Crippen molar-refractivity contribution >= 4 is 13.7 Å². The van der Waals surface area contributed by atoms with Crippen molar-refractivity contribution in [2.24, 2.45) is 0 Å². The van der Waals surface area contributed by atoms with E-state index < -0.39 is 20.0 Å². The quantitative estimate of drug-likeness (QED) is 0.0248. The number of phosphoric acid groups is 1. The summed E-state index contributed by atoms with van der Waals surface area (Å²) in [6.07, 6.45) is 46.0. The standard InChI is InChI=1S/C45H85N2O6P/c1-6-8-10-12-14-16-18-20-22-24-26-28-30-32-34-36-38-44(48)43(42-53-54(50,51)52-41-40-47(3,4)5)46-45(49)39-37-35-33-31-29-27-25-23-21-19-17-15-13-11-9-7-2/h17,19,23,25,28,30,36,38,43-44,48H,6-16,18,20-22,24,26-27,29,31-35,37,39-42H2,1-5H3,(H-,46,49,50,51)/p+1/b19-17-,25-23-,30-28+,38-36+. The molecule has 0 aliphatic heterocycles. The van der Waals surface area contributed by atoms with Crippen molar-refractivity contribution in [1.29, 1.82) is 0 Å². The Kier molecular flexibility index (Phi) is 36.0. The highest BCUT2D eigenvalue weighted by Gasteiger charge is 2.27. The fourth-order valence-electron chi connectivity index (χ4n) is 5.97. The van der Waals surface area contributed by atoms with E-state index in [0.717, 1.165) is 64.2 Å². The van der Waals surface area contributed by atoms with Gasteiger partial charge in [-0.15, -0.1) is 0 Å². The van der Waals surface area contributed by atoms with Gasteiger partial charge in [0, 0.05) is 6.42 Å². The number of hydrogen-bond donors (Lipinski definition) is 3. The van der Waals surface area contributed by atoms with Crippen molar-refractivity contribution < 1.29 is 32.9 Å². The summed E-state index contributed by atoms with van der Waals surface area (Å²) in [6, 6.07) is -0.870. The number of quaternary nitrogens is 1. The lowest BCUT2D eigenvalue weighted by Crippen LogP contribution is -2.45. The largest absolute Gasteiger partial charge is 0.472 e. The van der Waals surface area contributed by atoms with Crippen LogP contribution in [0.1, 0.15) is 181 Å². The SMILES string of the molecule is CCCCCC/C=C\C/C=C\CCCCCCCC(=O)NC(COP(=O)(O)OCC[N+](C)(C)C)C(O)/C=C/CC/C=C/CCCCCCCCCCCC. The van der Waals surface area contributed by atoms with Crippen LogP contribution in [0.3, 0.4) is 0 Å². The zero-order valence-corrected chi connectivity index (χ0v) is 36.6. The summed E-state index contributed by atoms with van der Waals surface area (Å²) in [5, 5.41) is 13.8. The number of carbonyl (C=O) groups is 1. The van der Waals surface area contributed by atoms with E-state index in [-0.39, 0.29) is 19.1 Å². The van der Waals surface area contributed by atoms with Crippen LogP contribution in [0.4, 0.5) is 0 Å². The molecule has 8 nitrogen and oxygen atoms in total. The number of phosphoric ester groups is 1. The minimum absolute atomic E-state index is 0.0519. The lowest BCUT2D eigenvalue weighted by molar-refractivity contribution is -0.870. The molecule has 0 aromatic rings. The molecule has 0 aliphatic rings. The first kappa shape index (κ1) is 52.5. The Morgan fingerprint density at radius 3 is 1.61 bits per heavy atom. The van der Waals surface area contributed by atoms with Crippen LogP contribution in [0.15, 0.2) is 48.6 Å². The molecule has 0 bridgehead atoms. The minimum atomic E-state index is -4.35. The van der Waals surface area contributed by atoms with E-state index in [1.54, 1.807) is 6.08 Å². The molecule has 0 aromatic heterocycles. The van der Waals surface area contributed by atoms with Crippen molar-refractivity contribution in [1.82, 2.24) is 5.32 Å². The fourth-order valence-corrected chi connectivity index (χ4v) is 6.70. The highest BCUT2D eigenvalue weighted by atomic mass is 31.2. The number of nitrogens with zero attached hydrogens (tertiary/aromatic N) is 1. The molecule has 316 valence electrons. The van der Waals surface area contributed by atoms with Crippen molar-refractivity contribution in [3.63, 3.8) is 0 Å². The third-order valence-electron chi connectivity index (χ3n) is 9.52. The molecule has 0 rings (SSSR count). The molecule has 54 heavy (non-hydrogen) atoms. The first-order chi connectivity index (χ1) is 26.0. The van der Waals surface area contributed by atoms with Crippen LogP contribution < -0.4 is 5.32 Å². The summed E-state index contributed by atoms with van der Waals surface area (Å²) < 4.78 is 23.5. The number of allylic oxidation sites excluding steroid dienone is 7. The van der Waals surface area contributed by atoms with Crippen molar-refractivity contribution in [3.05, 3.63) is 48.6 Å². The highest BCUT2D eigenvalue weighted by Crippen LogP contribution is 2.43. The molecular weight excluding hydrogens is 695 g/mol. The molecular formula is C45H86N2O6P+. The molecule has 0 aromatic carbocycles. The minimum Gasteiger partial charge on any atom is -0.387 e. The Bertz CT molecular complexity index is 1020. The molecule has 0 fully saturated rings. The molecule has 9 heteroatoms. The van der Waals surface area contributed by atoms with Gasteiger partial charge in [-0.1, -0.05) is 159 Å². The van der Waals surface area contributed by atoms with Gasteiger partial charge in [-0.2, -0.15) is 0 Å². The van der Waals surface area contributed by atoms with E-state index in [1.807, 2.05) is 27.2 Å². The Morgan fingerprint density at radius 1 is 0.630 bits per heavy atom. The summed E-state index contributed by atoms with van der Waals surface area (Å²) in [5.74, 6) is -0.203. The average Bonchev–Trinajstić information content (AvgIpc) is 3.12. The molecule has 0 spiro atoms. The highest BCUT2D eigenvalue weighted by molar-refractivity contribution is 7.47. The van der Waals surface area contributed by atoms with Crippen LogP contribution in [0.5, 0.6) is 0 Å². The van der Waals surface area contributed by atoms with Crippen LogP contribution >= 0.6 is 7.82 Å². The lowest BCUT2D eigenvalue weighted by Gasteiger charge is -2.25. The zero-order chi connectivity index (χ0) is 40.0. The van der Waals surface area contributed by atoms with Gasteiger partial charge in [0.15, 0.2) is 0 Å². The van der Waals surface area contributed by atoms with Gasteiger partial charge >= 0.3 is 7.82 Å². The molecule has 0 aliphatic carbocycles. The fraction of sp³-hybridized carbons (Fsp3) is 0.800. The molecule has 3 N–H and O–H groups in total. The Hall–Kier alpha value is -1.54. The third kappa shape index (κ3) is 38.7. The first-order valence-electron chi connectivity index (χ1n) is 22.0. The Balaban J connectivity index is 4.53. The molecule has 1 amide bonds. The molecule has 0 saturated carbocycles. The maximum atomic E-state index is 12.8. The number of hydrogen-bond acceptors (Lipinski definition) is 5. The number of amides is 1. The van der Waals surface area contributed by atoms with E-state index in [0.29, 0.717) is 17.4 Å². The van der Waals surface area contributed by atoms with E-state index in [9.17, 15) is 19.4 Å². The topological polar surface area (TPSA) is 105 Å². The molecule has 0 radical (unpaired) electrons. The normalized spacial score (nSPS) is 14.9. The van der Waals surface area contributed by atoms with Crippen molar-refractivity contribution in [3.8, 4) is 0 Å². The molecule has 3 atom stereocenters. The van der Waals surface area contributed by atoms with Crippen molar-refractivity contribution in [2.75, 3.05) is 40.9 Å². The number of rotatable bonds is 39. The summed E-state index contributed by atoms with van der Waals surface area (Å²) in [6.45, 7) is 4.75. The predicted octanol–water partition coefficient (Wildman–Crippen LogP) is 12.1. The number of unbranched alkanes of at least 4 members (excludes halogenated alkanes) is 20. The number of likely N-dealkylation sites (N-methyl/N-ethyl adjacent to an activating group) is 1. The van der Waals surface area contributed by atoms with Gasteiger partial charge < -0.3 is 19.8 Å². The zero-order valence-electron chi connectivity index (χ0n) is 35.7. The van der Waals surface area contributed by atoms with Crippen LogP contribution in [-0.2, 0) is 18.4 Å². The van der Waals surface area contributed by atoms with Gasteiger partial charge in [0.25, 0.3) is 0 Å². The number of carbonyl (C=O) groups excluding carboxylic acids is 1. The van der Waals surface area contributed by atoms with E-state index in [2.05, 4.69) is 55.6 Å². The Morgan fingerprint density at radius 2 is 1.07 bits per heavy atom. The number of nitrogens with one attached hydrogen (secondary N) is 1. The molecule has 3 unspecified atom stereocenters. The van der Waals surface area contributed by atoms with Crippen LogP contribution in [0, 0.1) is 0 Å². The second-order valence-corrected chi connectivity index (χ2v) is 17.5. The van der Waals surface area contributed by atoms with Gasteiger partial charge in [-0.3, -0.25) is 13.8 Å². The van der Waals surface area contributed by atoms with Gasteiger partial charge in [-0.05, 0) is 64.2 Å². The summed E-state index contributed by atoms with van der Waals surface area (Å²) >= 11 is 0. The second kappa shape index (κ2) is 37.1. The van der Waals surface area contributed by atoms with Crippen LogP contribution in [0.2, 0.25) is 0 Å². The molecule has 0 heterocycles. The van der Waals surface area contributed by atoms with E-state index >= 15 is 0 Å². The van der Waals surface area contributed by atoms with Gasteiger partial charge in [0.05, 0.1) is 39.9 Å². The number of aliphatic hydroxyl groups is 1. The summed E-state index contributed by atoms with van der Waals surface area (Å²) in [4.78, 5) is 23.1. The smallest absolute Gasteiger partial charge is 0.387 e. The van der Waals surface area contributed by atoms with Crippen LogP contribution in [0.25, 0.3) is 0 Å². The average molecular weight is 782 g/mol. The predicted molar refractivity (Wildman–Crippen MR) is 231 cm³/mol. The van der Waals surface area contributed by atoms with Gasteiger partial charge in [0.2, 0.25) is 5.91 Å². The first-order valence-corrected chi connectivity index (χ1v) is 23.5. The van der Waals surface area contributed by atoms with Crippen molar-refractivity contribution in [2.45, 2.75) is 193 Å². The van der Waals surface area contributed by atoms with Gasteiger partial charge in [0.1, 0.15) is 13.2 Å². The van der Waals surface area contributed by atoms with Crippen LogP contribution in [-0.4, -0.2) is 73.4 Å². The maximum absolute atomic E-state index is 12.8. The monoisotopic (exact) mass is 782 g/mol. The third-order valence-corrected chi connectivity index (χ3v) is 10.5. The maximum Gasteiger partial charge on any atom is 0.472 e. The van der Waals surface area contributed by atoms with E-state index in [1.165, 1.54) is 96.3 Å². The number of aliphatic hydroxyl groups excluding tert-OH is 1. The molecule has 0 saturated heterocycles. The Labute approximate surface area is 333 Å². The summed E-state index contributed by atoms with van der Waals surface area (Å²) in [7, 11) is 1.54. The second-order valence-electron chi connectivity index (χ2n) is 16.1. The lowest BCUT2D eigenvalue weighted by atomic mass is 10.1.